The van der Waals surface area contributed by atoms with Gasteiger partial charge in [-0.3, -0.25) is 4.79 Å². The molecule has 0 aromatic heterocycles. The summed E-state index contributed by atoms with van der Waals surface area (Å²) < 4.78 is 4.68. The van der Waals surface area contributed by atoms with Gasteiger partial charge < -0.3 is 10.1 Å². The third kappa shape index (κ3) is 2.59. The first-order chi connectivity index (χ1) is 7.45. The van der Waals surface area contributed by atoms with Crippen LogP contribution < -0.4 is 5.32 Å². The van der Waals surface area contributed by atoms with Gasteiger partial charge in [-0.05, 0) is 31.0 Å². The number of rotatable bonds is 2. The molecule has 0 saturated carbocycles. The van der Waals surface area contributed by atoms with Gasteiger partial charge in [0.1, 0.15) is 0 Å². The average molecular weight is 221 g/mol. The fourth-order valence-corrected chi connectivity index (χ4v) is 1.58. The van der Waals surface area contributed by atoms with Crippen molar-refractivity contribution in [2.24, 2.45) is 0 Å². The molecule has 86 valence electrons. The maximum atomic E-state index is 11.5. The first-order valence-electron chi connectivity index (χ1n) is 4.93. The van der Waals surface area contributed by atoms with E-state index in [9.17, 15) is 9.59 Å². The first-order valence-corrected chi connectivity index (χ1v) is 4.93. The Morgan fingerprint density at radius 3 is 2.38 bits per heavy atom. The summed E-state index contributed by atoms with van der Waals surface area (Å²) in [4.78, 5) is 22.6. The van der Waals surface area contributed by atoms with Gasteiger partial charge in [0.05, 0.1) is 18.4 Å². The molecule has 0 aliphatic heterocycles. The van der Waals surface area contributed by atoms with E-state index in [2.05, 4.69) is 10.1 Å². The standard InChI is InChI=1S/C12H15NO3/c1-7-5-8(2)11(13-9(3)14)10(6-7)12(15)16-4/h5-6H,1-4H3,(H,13,14). The van der Waals surface area contributed by atoms with Crippen molar-refractivity contribution in [3.63, 3.8) is 0 Å². The van der Waals surface area contributed by atoms with Crippen molar-refractivity contribution in [2.75, 3.05) is 12.4 Å². The maximum absolute atomic E-state index is 11.5. The third-order valence-electron chi connectivity index (χ3n) is 2.19. The molecular weight excluding hydrogens is 206 g/mol. The zero-order valence-corrected chi connectivity index (χ0v) is 9.88. The highest BCUT2D eigenvalue weighted by Crippen LogP contribution is 2.23. The number of benzene rings is 1. The molecule has 1 aromatic rings. The molecule has 0 heterocycles. The smallest absolute Gasteiger partial charge is 0.339 e. The molecule has 0 bridgehead atoms. The number of hydrogen-bond donors (Lipinski definition) is 1. The van der Waals surface area contributed by atoms with Crippen molar-refractivity contribution in [3.05, 3.63) is 28.8 Å². The lowest BCUT2D eigenvalue weighted by Gasteiger charge is -2.12. The van der Waals surface area contributed by atoms with Gasteiger partial charge in [0.15, 0.2) is 0 Å². The molecule has 4 nitrogen and oxygen atoms in total. The van der Waals surface area contributed by atoms with Crippen LogP contribution >= 0.6 is 0 Å². The third-order valence-corrected chi connectivity index (χ3v) is 2.19. The minimum Gasteiger partial charge on any atom is -0.465 e. The number of aryl methyl sites for hydroxylation is 2. The minimum absolute atomic E-state index is 0.211. The minimum atomic E-state index is -0.449. The van der Waals surface area contributed by atoms with Crippen LogP contribution in [0.1, 0.15) is 28.4 Å². The molecule has 1 aromatic carbocycles. The van der Waals surface area contributed by atoms with Gasteiger partial charge in [-0.15, -0.1) is 0 Å². The molecule has 1 amide bonds. The van der Waals surface area contributed by atoms with Gasteiger partial charge in [0.2, 0.25) is 5.91 Å². The molecule has 1 rings (SSSR count). The molecule has 0 spiro atoms. The van der Waals surface area contributed by atoms with E-state index in [0.29, 0.717) is 11.3 Å². The van der Waals surface area contributed by atoms with Crippen LogP contribution in [0.3, 0.4) is 0 Å². The number of ether oxygens (including phenoxy) is 1. The van der Waals surface area contributed by atoms with Crippen LogP contribution in [0.15, 0.2) is 12.1 Å². The fourth-order valence-electron chi connectivity index (χ4n) is 1.58. The quantitative estimate of drug-likeness (QED) is 0.777. The van der Waals surface area contributed by atoms with Gasteiger partial charge in [0, 0.05) is 6.92 Å². The number of hydrogen-bond acceptors (Lipinski definition) is 3. The van der Waals surface area contributed by atoms with E-state index in [1.54, 1.807) is 6.07 Å². The summed E-state index contributed by atoms with van der Waals surface area (Å²) in [5.41, 5.74) is 2.70. The van der Waals surface area contributed by atoms with E-state index in [1.807, 2.05) is 19.9 Å². The monoisotopic (exact) mass is 221 g/mol. The number of amides is 1. The Balaban J connectivity index is 3.31. The summed E-state index contributed by atoms with van der Waals surface area (Å²) >= 11 is 0. The lowest BCUT2D eigenvalue weighted by molar-refractivity contribution is -0.114. The van der Waals surface area contributed by atoms with Crippen LogP contribution in [0.25, 0.3) is 0 Å². The number of anilines is 1. The number of carbonyl (C=O) groups excluding carboxylic acids is 2. The van der Waals surface area contributed by atoms with E-state index >= 15 is 0 Å². The SMILES string of the molecule is COC(=O)c1cc(C)cc(C)c1NC(C)=O. The van der Waals surface area contributed by atoms with Crippen molar-refractivity contribution in [1.82, 2.24) is 0 Å². The highest BCUT2D eigenvalue weighted by molar-refractivity contribution is 6.01. The zero-order valence-electron chi connectivity index (χ0n) is 9.88. The van der Waals surface area contributed by atoms with E-state index in [0.717, 1.165) is 11.1 Å². The zero-order chi connectivity index (χ0) is 12.3. The molecule has 0 radical (unpaired) electrons. The Morgan fingerprint density at radius 2 is 1.88 bits per heavy atom. The molecule has 0 fully saturated rings. The van der Waals surface area contributed by atoms with Crippen LogP contribution in [-0.2, 0) is 9.53 Å². The second-order valence-electron chi connectivity index (χ2n) is 3.68. The van der Waals surface area contributed by atoms with Crippen LogP contribution in [0.4, 0.5) is 5.69 Å². The Morgan fingerprint density at radius 1 is 1.25 bits per heavy atom. The first kappa shape index (κ1) is 12.2. The van der Waals surface area contributed by atoms with Crippen LogP contribution in [0, 0.1) is 13.8 Å². The van der Waals surface area contributed by atoms with Gasteiger partial charge >= 0.3 is 5.97 Å². The lowest BCUT2D eigenvalue weighted by Crippen LogP contribution is -2.13. The highest BCUT2D eigenvalue weighted by Gasteiger charge is 2.15. The highest BCUT2D eigenvalue weighted by atomic mass is 16.5. The molecule has 0 aliphatic rings. The van der Waals surface area contributed by atoms with Crippen molar-refractivity contribution in [3.8, 4) is 0 Å². The molecule has 1 N–H and O–H groups in total. The van der Waals surface area contributed by atoms with E-state index in [1.165, 1.54) is 14.0 Å². The largest absolute Gasteiger partial charge is 0.465 e. The maximum Gasteiger partial charge on any atom is 0.339 e. The van der Waals surface area contributed by atoms with Gasteiger partial charge in [0.25, 0.3) is 0 Å². The van der Waals surface area contributed by atoms with Gasteiger partial charge in [-0.2, -0.15) is 0 Å². The van der Waals surface area contributed by atoms with Crippen molar-refractivity contribution >= 4 is 17.6 Å². The molecular formula is C12H15NO3. The van der Waals surface area contributed by atoms with E-state index in [4.69, 9.17) is 0 Å². The average Bonchev–Trinajstić information content (AvgIpc) is 2.20. The predicted molar refractivity (Wildman–Crippen MR) is 61.6 cm³/mol. The summed E-state index contributed by atoms with van der Waals surface area (Å²) in [5.74, 6) is -0.660. The number of carbonyl (C=O) groups is 2. The van der Waals surface area contributed by atoms with Crippen molar-refractivity contribution in [2.45, 2.75) is 20.8 Å². The lowest BCUT2D eigenvalue weighted by atomic mass is 10.0. The van der Waals surface area contributed by atoms with E-state index in [-0.39, 0.29) is 5.91 Å². The Hall–Kier alpha value is -1.84. The fraction of sp³-hybridized carbons (Fsp3) is 0.333. The Bertz CT molecular complexity index is 438. The summed E-state index contributed by atoms with van der Waals surface area (Å²) in [5, 5.41) is 2.64. The number of methoxy groups -OCH3 is 1. The molecule has 0 saturated heterocycles. The van der Waals surface area contributed by atoms with Crippen LogP contribution in [0.5, 0.6) is 0 Å². The van der Waals surface area contributed by atoms with Gasteiger partial charge in [-0.25, -0.2) is 4.79 Å². The number of nitrogens with one attached hydrogen (secondary N) is 1. The summed E-state index contributed by atoms with van der Waals surface area (Å²) in [6, 6.07) is 3.60. The van der Waals surface area contributed by atoms with Crippen molar-refractivity contribution in [1.29, 1.82) is 0 Å². The number of esters is 1. The summed E-state index contributed by atoms with van der Waals surface area (Å²) in [7, 11) is 1.32. The summed E-state index contributed by atoms with van der Waals surface area (Å²) in [6.45, 7) is 5.13. The normalized spacial score (nSPS) is 9.75. The van der Waals surface area contributed by atoms with Crippen LogP contribution in [0.2, 0.25) is 0 Å². The topological polar surface area (TPSA) is 55.4 Å². The van der Waals surface area contributed by atoms with E-state index < -0.39 is 5.97 Å². The molecule has 0 aliphatic carbocycles. The second kappa shape index (κ2) is 4.79. The Kier molecular flexibility index (Phi) is 3.66. The second-order valence-corrected chi connectivity index (χ2v) is 3.68. The van der Waals surface area contributed by atoms with Gasteiger partial charge in [-0.1, -0.05) is 6.07 Å². The predicted octanol–water partition coefficient (Wildman–Crippen LogP) is 2.05. The Labute approximate surface area is 94.6 Å². The molecule has 16 heavy (non-hydrogen) atoms. The molecule has 0 atom stereocenters. The molecule has 0 unspecified atom stereocenters. The molecule has 4 heteroatoms. The van der Waals surface area contributed by atoms with Crippen LogP contribution in [-0.4, -0.2) is 19.0 Å². The van der Waals surface area contributed by atoms with Crippen molar-refractivity contribution < 1.29 is 14.3 Å². The summed E-state index contributed by atoms with van der Waals surface area (Å²) in [6.07, 6.45) is 0.